The Balaban J connectivity index is 0.00000200. The highest BCUT2D eigenvalue weighted by Crippen LogP contribution is 2.36. The Bertz CT molecular complexity index is 433. The third-order valence-corrected chi connectivity index (χ3v) is 4.07. The van der Waals surface area contributed by atoms with Crippen molar-refractivity contribution in [2.45, 2.75) is 39.2 Å². The highest BCUT2D eigenvalue weighted by Gasteiger charge is 2.28. The third kappa shape index (κ3) is 5.00. The molecule has 0 spiro atoms. The van der Waals surface area contributed by atoms with E-state index in [1.165, 1.54) is 31.2 Å². The first kappa shape index (κ1) is 17.3. The van der Waals surface area contributed by atoms with Crippen LogP contribution in [-0.2, 0) is 13.6 Å². The van der Waals surface area contributed by atoms with E-state index in [0.717, 1.165) is 19.0 Å². The molecule has 0 saturated heterocycles. The molecule has 1 aromatic rings. The van der Waals surface area contributed by atoms with Crippen molar-refractivity contribution in [3.8, 4) is 0 Å². The van der Waals surface area contributed by atoms with Crippen molar-refractivity contribution in [2.24, 2.45) is 17.5 Å². The van der Waals surface area contributed by atoms with Gasteiger partial charge in [0.25, 0.3) is 0 Å². The second-order valence-corrected chi connectivity index (χ2v) is 5.98. The van der Waals surface area contributed by atoms with E-state index >= 15 is 0 Å². The average Bonchev–Trinajstić information content (AvgIpc) is 2.99. The fraction of sp³-hybridized carbons (Fsp3) is 0.667. The molecule has 1 aliphatic carbocycles. The molecule has 0 amide bonds. The van der Waals surface area contributed by atoms with Crippen molar-refractivity contribution in [1.82, 2.24) is 15.2 Å². The molecule has 1 aliphatic rings. The van der Waals surface area contributed by atoms with Gasteiger partial charge in [0.05, 0.1) is 0 Å². The second-order valence-electron chi connectivity index (χ2n) is 5.98. The summed E-state index contributed by atoms with van der Waals surface area (Å²) in [6, 6.07) is 2.12. The number of aromatic nitrogens is 1. The topological polar surface area (TPSA) is 41.4 Å². The maximum absolute atomic E-state index is 4.29. The lowest BCUT2D eigenvalue weighted by Crippen LogP contribution is -2.41. The van der Waals surface area contributed by atoms with Crippen molar-refractivity contribution in [2.75, 3.05) is 13.6 Å². The monoisotopic (exact) mass is 390 g/mol. The van der Waals surface area contributed by atoms with E-state index < -0.39 is 0 Å². The number of aryl methyl sites for hydroxylation is 1. The van der Waals surface area contributed by atoms with Crippen molar-refractivity contribution in [3.63, 3.8) is 0 Å². The summed E-state index contributed by atoms with van der Waals surface area (Å²) in [6.45, 7) is 4.20. The van der Waals surface area contributed by atoms with Crippen molar-refractivity contribution in [3.05, 3.63) is 24.0 Å². The minimum Gasteiger partial charge on any atom is -0.357 e. The number of nitrogens with zero attached hydrogens (tertiary/aromatic N) is 2. The number of hydrogen-bond donors (Lipinski definition) is 2. The van der Waals surface area contributed by atoms with E-state index in [9.17, 15) is 0 Å². The Kier molecular flexibility index (Phi) is 6.85. The second kappa shape index (κ2) is 7.90. The van der Waals surface area contributed by atoms with E-state index in [-0.39, 0.29) is 24.0 Å². The fourth-order valence-corrected chi connectivity index (χ4v) is 2.77. The lowest BCUT2D eigenvalue weighted by molar-refractivity contribution is 0.334. The highest BCUT2D eigenvalue weighted by atomic mass is 127. The number of hydrogen-bond acceptors (Lipinski definition) is 1. The molecule has 1 fully saturated rings. The van der Waals surface area contributed by atoms with Crippen molar-refractivity contribution < 1.29 is 0 Å². The summed E-state index contributed by atoms with van der Waals surface area (Å²) in [5, 5.41) is 6.83. The summed E-state index contributed by atoms with van der Waals surface area (Å²) in [4.78, 5) is 4.29. The first-order valence-corrected chi connectivity index (χ1v) is 7.17. The van der Waals surface area contributed by atoms with Crippen LogP contribution >= 0.6 is 24.0 Å². The van der Waals surface area contributed by atoms with Crippen LogP contribution in [-0.4, -0.2) is 24.1 Å². The first-order chi connectivity index (χ1) is 9.11. The van der Waals surface area contributed by atoms with Crippen LogP contribution in [0, 0.1) is 5.41 Å². The molecule has 2 rings (SSSR count). The molecule has 0 bridgehead atoms. The summed E-state index contributed by atoms with van der Waals surface area (Å²) >= 11 is 0. The molecule has 0 atom stereocenters. The zero-order valence-corrected chi connectivity index (χ0v) is 15.1. The molecular weight excluding hydrogens is 363 g/mol. The minimum atomic E-state index is 0. The standard InChI is InChI=1S/C15H26N4.HI/c1-15(7-4-5-8-15)12-18-14(16-2)17-10-13-6-9-19(3)11-13;/h6,9,11H,4-5,7-8,10,12H2,1-3H3,(H2,16,17,18);1H. The number of aliphatic imine (C=N–C) groups is 1. The number of nitrogens with one attached hydrogen (secondary N) is 2. The number of guanidine groups is 1. The maximum atomic E-state index is 4.29. The molecule has 1 heterocycles. The molecule has 0 unspecified atom stereocenters. The van der Waals surface area contributed by atoms with Crippen LogP contribution in [0.25, 0.3) is 0 Å². The summed E-state index contributed by atoms with van der Waals surface area (Å²) in [5.41, 5.74) is 1.72. The molecule has 1 aromatic heterocycles. The first-order valence-electron chi connectivity index (χ1n) is 7.17. The van der Waals surface area contributed by atoms with Crippen LogP contribution in [0.2, 0.25) is 0 Å². The Morgan fingerprint density at radius 1 is 1.35 bits per heavy atom. The lowest BCUT2D eigenvalue weighted by atomic mass is 9.89. The van der Waals surface area contributed by atoms with Gasteiger partial charge in [0.2, 0.25) is 0 Å². The molecule has 114 valence electrons. The average molecular weight is 390 g/mol. The SMILES string of the molecule is CN=C(NCc1ccn(C)c1)NCC1(C)CCCC1.I. The van der Waals surface area contributed by atoms with E-state index in [1.807, 2.05) is 14.1 Å². The van der Waals surface area contributed by atoms with Gasteiger partial charge in [-0.15, -0.1) is 24.0 Å². The van der Waals surface area contributed by atoms with Gasteiger partial charge in [0.1, 0.15) is 0 Å². The summed E-state index contributed by atoms with van der Waals surface area (Å²) < 4.78 is 2.06. The van der Waals surface area contributed by atoms with E-state index in [1.54, 1.807) is 0 Å². The summed E-state index contributed by atoms with van der Waals surface area (Å²) in [6.07, 6.45) is 9.58. The van der Waals surface area contributed by atoms with Gasteiger partial charge < -0.3 is 15.2 Å². The quantitative estimate of drug-likeness (QED) is 0.472. The van der Waals surface area contributed by atoms with Gasteiger partial charge >= 0.3 is 0 Å². The Morgan fingerprint density at radius 2 is 2.05 bits per heavy atom. The predicted molar refractivity (Wildman–Crippen MR) is 95.6 cm³/mol. The van der Waals surface area contributed by atoms with Crippen LogP contribution in [0.15, 0.2) is 23.5 Å². The zero-order chi connectivity index (χ0) is 13.7. The summed E-state index contributed by atoms with van der Waals surface area (Å²) in [5.74, 6) is 0.900. The number of halogens is 1. The highest BCUT2D eigenvalue weighted by molar-refractivity contribution is 14.0. The normalized spacial score (nSPS) is 17.6. The Labute approximate surface area is 139 Å². The molecular formula is C15H27IN4. The molecule has 2 N–H and O–H groups in total. The molecule has 0 aliphatic heterocycles. The third-order valence-electron chi connectivity index (χ3n) is 4.07. The van der Waals surface area contributed by atoms with Gasteiger partial charge in [0.15, 0.2) is 5.96 Å². The number of rotatable bonds is 4. The van der Waals surface area contributed by atoms with Crippen LogP contribution in [0.1, 0.15) is 38.2 Å². The van der Waals surface area contributed by atoms with Gasteiger partial charge in [-0.3, -0.25) is 4.99 Å². The van der Waals surface area contributed by atoms with Gasteiger partial charge in [-0.25, -0.2) is 0 Å². The van der Waals surface area contributed by atoms with Crippen LogP contribution < -0.4 is 10.6 Å². The molecule has 0 aromatic carbocycles. The smallest absolute Gasteiger partial charge is 0.191 e. The molecule has 1 saturated carbocycles. The Hall–Kier alpha value is -0.720. The molecule has 4 nitrogen and oxygen atoms in total. The van der Waals surface area contributed by atoms with Gasteiger partial charge in [0, 0.05) is 39.6 Å². The minimum absolute atomic E-state index is 0. The van der Waals surface area contributed by atoms with Gasteiger partial charge in [-0.1, -0.05) is 19.8 Å². The van der Waals surface area contributed by atoms with Crippen molar-refractivity contribution >= 4 is 29.9 Å². The van der Waals surface area contributed by atoms with Crippen LogP contribution in [0.5, 0.6) is 0 Å². The zero-order valence-electron chi connectivity index (χ0n) is 12.8. The lowest BCUT2D eigenvalue weighted by Gasteiger charge is -2.25. The Morgan fingerprint density at radius 3 is 2.60 bits per heavy atom. The molecule has 5 heteroatoms. The van der Waals surface area contributed by atoms with E-state index in [4.69, 9.17) is 0 Å². The van der Waals surface area contributed by atoms with E-state index in [2.05, 4.69) is 45.6 Å². The van der Waals surface area contributed by atoms with Gasteiger partial charge in [-0.2, -0.15) is 0 Å². The van der Waals surface area contributed by atoms with Crippen molar-refractivity contribution in [1.29, 1.82) is 0 Å². The molecule has 20 heavy (non-hydrogen) atoms. The maximum Gasteiger partial charge on any atom is 0.191 e. The van der Waals surface area contributed by atoms with E-state index in [0.29, 0.717) is 5.41 Å². The summed E-state index contributed by atoms with van der Waals surface area (Å²) in [7, 11) is 3.87. The molecule has 0 radical (unpaired) electrons. The van der Waals surface area contributed by atoms with Gasteiger partial charge in [-0.05, 0) is 29.9 Å². The predicted octanol–water partition coefficient (Wildman–Crippen LogP) is 2.89. The van der Waals surface area contributed by atoms with Crippen LogP contribution in [0.3, 0.4) is 0 Å². The fourth-order valence-electron chi connectivity index (χ4n) is 2.77. The van der Waals surface area contributed by atoms with Crippen LogP contribution in [0.4, 0.5) is 0 Å². The largest absolute Gasteiger partial charge is 0.357 e.